The molecule has 0 saturated heterocycles. The summed E-state index contributed by atoms with van der Waals surface area (Å²) in [5.41, 5.74) is 0. The van der Waals surface area contributed by atoms with Gasteiger partial charge in [0.1, 0.15) is 0 Å². The van der Waals surface area contributed by atoms with E-state index in [-0.39, 0.29) is 11.8 Å². The highest BCUT2D eigenvalue weighted by molar-refractivity contribution is 4.39. The fourth-order valence-corrected chi connectivity index (χ4v) is 0.293. The Morgan fingerprint density at radius 1 is 1.71 bits per heavy atom. The summed E-state index contributed by atoms with van der Waals surface area (Å²) in [6.07, 6.45) is 1.71. The van der Waals surface area contributed by atoms with Gasteiger partial charge in [0.2, 0.25) is 0 Å². The zero-order valence-corrected chi connectivity index (χ0v) is 4.42. The number of hydrogen-bond acceptors (Lipinski definition) is 3. The maximum absolute atomic E-state index is 9.67. The third-order valence-electron chi connectivity index (χ3n) is 0.703. The van der Waals surface area contributed by atoms with Crippen LogP contribution in [0.3, 0.4) is 0 Å². The van der Waals surface area contributed by atoms with Crippen LogP contribution in [0.5, 0.6) is 0 Å². The van der Waals surface area contributed by atoms with E-state index in [9.17, 15) is 5.21 Å². The van der Waals surface area contributed by atoms with Gasteiger partial charge in [0.15, 0.2) is 0 Å². The predicted octanol–water partition coefficient (Wildman–Crippen LogP) is 0.976. The number of hydrogen-bond donors (Lipinski definition) is 1. The Balaban J connectivity index is 2.68. The first-order chi connectivity index (χ1) is 3.27. The molecule has 7 heavy (non-hydrogen) atoms. The molecule has 0 heterocycles. The maximum atomic E-state index is 9.67. The molecule has 0 aliphatic rings. The average Bonchev–Trinajstić information content (AvgIpc) is 1.61. The SMILES string of the molecule is CCCCN([O-])O. The van der Waals surface area contributed by atoms with Crippen LogP contribution in [0.15, 0.2) is 0 Å². The topological polar surface area (TPSA) is 46.5 Å². The van der Waals surface area contributed by atoms with Gasteiger partial charge in [-0.1, -0.05) is 13.3 Å². The van der Waals surface area contributed by atoms with Gasteiger partial charge in [0, 0.05) is 6.54 Å². The van der Waals surface area contributed by atoms with Crippen LogP contribution in [-0.4, -0.2) is 17.0 Å². The zero-order chi connectivity index (χ0) is 5.70. The lowest BCUT2D eigenvalue weighted by atomic mass is 10.3. The third-order valence-corrected chi connectivity index (χ3v) is 0.703. The molecule has 3 nitrogen and oxygen atoms in total. The van der Waals surface area contributed by atoms with Crippen molar-refractivity contribution in [1.29, 1.82) is 0 Å². The van der Waals surface area contributed by atoms with Gasteiger partial charge in [-0.2, -0.15) is 0 Å². The third kappa shape index (κ3) is 5.88. The highest BCUT2D eigenvalue weighted by Crippen LogP contribution is 1.86. The van der Waals surface area contributed by atoms with Gasteiger partial charge in [0.25, 0.3) is 0 Å². The van der Waals surface area contributed by atoms with Gasteiger partial charge in [-0.3, -0.25) is 5.23 Å². The molecule has 0 aromatic heterocycles. The van der Waals surface area contributed by atoms with E-state index >= 15 is 0 Å². The van der Waals surface area contributed by atoms with Gasteiger partial charge < -0.3 is 10.4 Å². The van der Waals surface area contributed by atoms with E-state index < -0.39 is 0 Å². The molecular formula is C4H10NO2-. The standard InChI is InChI=1S/C4H10NO2/c1-2-3-4-5(6)7/h6H,2-4H2,1H3/q-1. The smallest absolute Gasteiger partial charge is 0.0104 e. The van der Waals surface area contributed by atoms with Crippen molar-refractivity contribution in [2.75, 3.05) is 6.54 Å². The largest absolute Gasteiger partial charge is 0.762 e. The van der Waals surface area contributed by atoms with E-state index in [0.29, 0.717) is 0 Å². The molecule has 0 saturated carbocycles. The van der Waals surface area contributed by atoms with Crippen molar-refractivity contribution < 1.29 is 5.21 Å². The summed E-state index contributed by atoms with van der Waals surface area (Å²) in [7, 11) is 0. The monoisotopic (exact) mass is 104 g/mol. The van der Waals surface area contributed by atoms with Crippen molar-refractivity contribution >= 4 is 0 Å². The molecule has 0 rings (SSSR count). The van der Waals surface area contributed by atoms with E-state index in [4.69, 9.17) is 5.21 Å². The Bertz CT molecular complexity index is 38.7. The minimum Gasteiger partial charge on any atom is -0.762 e. The van der Waals surface area contributed by atoms with Gasteiger partial charge in [0.05, 0.1) is 0 Å². The fraction of sp³-hybridized carbons (Fsp3) is 1.00. The lowest BCUT2D eigenvalue weighted by molar-refractivity contribution is -0.0411. The Labute approximate surface area is 43.1 Å². The quantitative estimate of drug-likeness (QED) is 0.543. The second-order valence-corrected chi connectivity index (χ2v) is 1.43. The summed E-state index contributed by atoms with van der Waals surface area (Å²) in [6.45, 7) is 2.19. The summed E-state index contributed by atoms with van der Waals surface area (Å²) in [4.78, 5) is 0. The van der Waals surface area contributed by atoms with Crippen LogP contribution in [0.2, 0.25) is 0 Å². The Hall–Kier alpha value is -0.120. The van der Waals surface area contributed by atoms with Crippen LogP contribution in [0, 0.1) is 5.21 Å². The van der Waals surface area contributed by atoms with Crippen molar-refractivity contribution in [2.45, 2.75) is 19.8 Å². The van der Waals surface area contributed by atoms with E-state index in [0.717, 1.165) is 12.8 Å². The van der Waals surface area contributed by atoms with Gasteiger partial charge >= 0.3 is 0 Å². The highest BCUT2D eigenvalue weighted by atomic mass is 16.8. The van der Waals surface area contributed by atoms with Crippen molar-refractivity contribution in [3.63, 3.8) is 0 Å². The molecular weight excluding hydrogens is 94.0 g/mol. The molecule has 0 unspecified atom stereocenters. The number of rotatable bonds is 3. The molecule has 0 aliphatic carbocycles. The van der Waals surface area contributed by atoms with Gasteiger partial charge in [-0.15, -0.1) is 0 Å². The molecule has 0 atom stereocenters. The zero-order valence-electron chi connectivity index (χ0n) is 4.42. The minimum absolute atomic E-state index is 0.0382. The van der Waals surface area contributed by atoms with Gasteiger partial charge in [-0.25, -0.2) is 0 Å². The molecule has 0 aromatic rings. The lowest BCUT2D eigenvalue weighted by Gasteiger charge is -2.17. The van der Waals surface area contributed by atoms with Gasteiger partial charge in [-0.05, 0) is 6.42 Å². The molecule has 44 valence electrons. The molecule has 0 amide bonds. The van der Waals surface area contributed by atoms with Crippen LogP contribution in [0.4, 0.5) is 0 Å². The number of hydroxylamine groups is 2. The highest BCUT2D eigenvalue weighted by Gasteiger charge is 1.79. The van der Waals surface area contributed by atoms with E-state index in [2.05, 4.69) is 0 Å². The average molecular weight is 104 g/mol. The Kier molecular flexibility index (Phi) is 3.98. The second-order valence-electron chi connectivity index (χ2n) is 1.43. The number of unbranched alkanes of at least 4 members (excludes halogenated alkanes) is 1. The maximum Gasteiger partial charge on any atom is 0.0104 e. The summed E-state index contributed by atoms with van der Waals surface area (Å²) in [5.74, 6) is 0. The van der Waals surface area contributed by atoms with Crippen LogP contribution < -0.4 is 0 Å². The second kappa shape index (κ2) is 4.05. The van der Waals surface area contributed by atoms with E-state index in [1.165, 1.54) is 0 Å². The van der Waals surface area contributed by atoms with Crippen molar-refractivity contribution in [2.24, 2.45) is 0 Å². The first kappa shape index (κ1) is 6.88. The molecule has 0 fully saturated rings. The number of nitrogens with zero attached hydrogens (tertiary/aromatic N) is 1. The Morgan fingerprint density at radius 2 is 2.29 bits per heavy atom. The van der Waals surface area contributed by atoms with Crippen LogP contribution in [-0.2, 0) is 0 Å². The van der Waals surface area contributed by atoms with Crippen molar-refractivity contribution in [3.8, 4) is 0 Å². The normalized spacial score (nSPS) is 10.3. The summed E-state index contributed by atoms with van der Waals surface area (Å²) >= 11 is 0. The molecule has 0 radical (unpaired) electrons. The Morgan fingerprint density at radius 3 is 2.43 bits per heavy atom. The summed E-state index contributed by atoms with van der Waals surface area (Å²) in [6, 6.07) is 0. The molecule has 3 heteroatoms. The van der Waals surface area contributed by atoms with Crippen LogP contribution in [0.25, 0.3) is 0 Å². The van der Waals surface area contributed by atoms with Crippen LogP contribution >= 0.6 is 0 Å². The lowest BCUT2D eigenvalue weighted by Crippen LogP contribution is -2.10. The molecule has 0 spiro atoms. The van der Waals surface area contributed by atoms with Crippen molar-refractivity contribution in [1.82, 2.24) is 5.23 Å². The first-order valence-corrected chi connectivity index (χ1v) is 2.41. The van der Waals surface area contributed by atoms with Crippen molar-refractivity contribution in [3.05, 3.63) is 5.21 Å². The first-order valence-electron chi connectivity index (χ1n) is 2.41. The molecule has 0 bridgehead atoms. The van der Waals surface area contributed by atoms with E-state index in [1.54, 1.807) is 0 Å². The molecule has 0 aromatic carbocycles. The summed E-state index contributed by atoms with van der Waals surface area (Å²) < 4.78 is 0. The van der Waals surface area contributed by atoms with E-state index in [1.807, 2.05) is 6.92 Å². The minimum atomic E-state index is -0.0382. The van der Waals surface area contributed by atoms with Crippen LogP contribution in [0.1, 0.15) is 19.8 Å². The summed E-state index contributed by atoms with van der Waals surface area (Å²) in [5, 5.41) is 17.6. The fourth-order valence-electron chi connectivity index (χ4n) is 0.293. The molecule has 0 aliphatic heterocycles. The molecule has 1 N–H and O–H groups in total. The predicted molar refractivity (Wildman–Crippen MR) is 26.8 cm³/mol.